The number of amides is 1. The van der Waals surface area contributed by atoms with Gasteiger partial charge in [-0.15, -0.1) is 0 Å². The summed E-state index contributed by atoms with van der Waals surface area (Å²) < 4.78 is 20.5. The van der Waals surface area contributed by atoms with E-state index in [0.717, 1.165) is 5.75 Å². The summed E-state index contributed by atoms with van der Waals surface area (Å²) >= 11 is 6.58. The summed E-state index contributed by atoms with van der Waals surface area (Å²) in [6.07, 6.45) is 1.48. The number of rotatable bonds is 5. The molecule has 31 heavy (non-hydrogen) atoms. The molecular weight excluding hydrogens is 419 g/mol. The number of carbonyl (C=O) groups is 1. The summed E-state index contributed by atoms with van der Waals surface area (Å²) in [4.78, 5) is 17.2. The molecule has 4 rings (SSSR count). The second-order valence-corrected chi connectivity index (χ2v) is 7.68. The molecule has 158 valence electrons. The number of nitrogens with one attached hydrogen (secondary N) is 1. The molecule has 0 spiro atoms. The van der Waals surface area contributed by atoms with Crippen LogP contribution in [0.15, 0.2) is 54.7 Å². The van der Waals surface area contributed by atoms with Crippen LogP contribution in [0.3, 0.4) is 0 Å². The Morgan fingerprint density at radius 2 is 1.81 bits per heavy atom. The average molecular weight is 439 g/mol. The monoisotopic (exact) mass is 438 g/mol. The number of fused-ring (bicyclic) bond motifs is 1. The van der Waals surface area contributed by atoms with E-state index < -0.39 is 0 Å². The SMILES string of the molecule is Cc1nn(-c2ccc(F)cc2)c2ncc(C(=O)Nc3ccc(OC(C)C)cc3)c(Cl)c12. The third kappa shape index (κ3) is 4.22. The van der Waals surface area contributed by atoms with Crippen LogP contribution in [0.4, 0.5) is 10.1 Å². The van der Waals surface area contributed by atoms with Gasteiger partial charge in [-0.05, 0) is 69.3 Å². The highest BCUT2D eigenvalue weighted by Crippen LogP contribution is 2.30. The van der Waals surface area contributed by atoms with Crippen molar-refractivity contribution in [3.05, 3.63) is 76.8 Å². The summed E-state index contributed by atoms with van der Waals surface area (Å²) in [6.45, 7) is 5.67. The lowest BCUT2D eigenvalue weighted by Crippen LogP contribution is -2.13. The number of aromatic nitrogens is 3. The Kier molecular flexibility index (Phi) is 5.61. The second-order valence-electron chi connectivity index (χ2n) is 7.30. The molecule has 0 bridgehead atoms. The minimum absolute atomic E-state index is 0.0658. The maximum absolute atomic E-state index is 13.3. The molecule has 0 aliphatic heterocycles. The number of anilines is 1. The molecule has 6 nitrogen and oxygen atoms in total. The van der Waals surface area contributed by atoms with Gasteiger partial charge in [0.15, 0.2) is 5.65 Å². The predicted molar refractivity (Wildman–Crippen MR) is 119 cm³/mol. The minimum atomic E-state index is -0.383. The maximum atomic E-state index is 13.3. The summed E-state index contributed by atoms with van der Waals surface area (Å²) in [5.74, 6) is -0.00510. The van der Waals surface area contributed by atoms with Gasteiger partial charge in [0.2, 0.25) is 0 Å². The fraction of sp³-hybridized carbons (Fsp3) is 0.174. The van der Waals surface area contributed by atoms with Crippen LogP contribution in [0.5, 0.6) is 5.75 Å². The number of pyridine rings is 1. The third-order valence-electron chi connectivity index (χ3n) is 4.61. The lowest BCUT2D eigenvalue weighted by molar-refractivity contribution is 0.102. The van der Waals surface area contributed by atoms with Crippen LogP contribution in [-0.4, -0.2) is 26.8 Å². The van der Waals surface area contributed by atoms with Crippen molar-refractivity contribution in [1.82, 2.24) is 14.8 Å². The predicted octanol–water partition coefficient (Wildman–Crippen LogP) is 5.56. The first-order chi connectivity index (χ1) is 14.8. The molecule has 1 amide bonds. The third-order valence-corrected chi connectivity index (χ3v) is 5.00. The standard InChI is InChI=1S/C23H20ClFN4O2/c1-13(2)31-18-10-6-16(7-11-18)27-23(30)19-12-26-22-20(21(19)24)14(3)28-29(22)17-8-4-15(25)5-9-17/h4-13H,1-3H3,(H,27,30). The number of halogens is 2. The van der Waals surface area contributed by atoms with E-state index >= 15 is 0 Å². The highest BCUT2D eigenvalue weighted by atomic mass is 35.5. The van der Waals surface area contributed by atoms with Gasteiger partial charge < -0.3 is 10.1 Å². The quantitative estimate of drug-likeness (QED) is 0.443. The Balaban J connectivity index is 1.64. The Labute approximate surface area is 183 Å². The summed E-state index contributed by atoms with van der Waals surface area (Å²) in [5, 5.41) is 8.12. The second kappa shape index (κ2) is 8.35. The molecule has 1 N–H and O–H groups in total. The van der Waals surface area contributed by atoms with Gasteiger partial charge in [-0.3, -0.25) is 4.79 Å². The van der Waals surface area contributed by atoms with E-state index in [1.54, 1.807) is 48.0 Å². The van der Waals surface area contributed by atoms with Crippen LogP contribution < -0.4 is 10.1 Å². The fourth-order valence-electron chi connectivity index (χ4n) is 3.22. The van der Waals surface area contributed by atoms with Gasteiger partial charge in [0.1, 0.15) is 11.6 Å². The Bertz CT molecular complexity index is 1250. The number of hydrogen-bond donors (Lipinski definition) is 1. The normalized spacial score (nSPS) is 11.2. The first-order valence-electron chi connectivity index (χ1n) is 9.71. The molecule has 0 saturated carbocycles. The number of nitrogens with zero attached hydrogens (tertiary/aromatic N) is 3. The van der Waals surface area contributed by atoms with Crippen molar-refractivity contribution in [2.24, 2.45) is 0 Å². The largest absolute Gasteiger partial charge is 0.491 e. The first-order valence-corrected chi connectivity index (χ1v) is 10.1. The van der Waals surface area contributed by atoms with Crippen LogP contribution in [0, 0.1) is 12.7 Å². The van der Waals surface area contributed by atoms with Gasteiger partial charge in [-0.25, -0.2) is 14.1 Å². The van der Waals surface area contributed by atoms with E-state index in [4.69, 9.17) is 16.3 Å². The molecule has 0 radical (unpaired) electrons. The molecule has 0 aliphatic rings. The van der Waals surface area contributed by atoms with Gasteiger partial charge in [-0.2, -0.15) is 5.10 Å². The maximum Gasteiger partial charge on any atom is 0.258 e. The number of aryl methyl sites for hydroxylation is 1. The zero-order chi connectivity index (χ0) is 22.1. The van der Waals surface area contributed by atoms with Crippen molar-refractivity contribution < 1.29 is 13.9 Å². The molecule has 4 aromatic rings. The van der Waals surface area contributed by atoms with Crippen LogP contribution in [0.25, 0.3) is 16.7 Å². The first kappa shape index (κ1) is 20.8. The van der Waals surface area contributed by atoms with E-state index in [9.17, 15) is 9.18 Å². The van der Waals surface area contributed by atoms with Crippen molar-refractivity contribution in [1.29, 1.82) is 0 Å². The van der Waals surface area contributed by atoms with Crippen molar-refractivity contribution >= 4 is 34.2 Å². The molecule has 2 heterocycles. The molecule has 0 aliphatic carbocycles. The average Bonchev–Trinajstić information content (AvgIpc) is 3.07. The molecule has 0 fully saturated rings. The van der Waals surface area contributed by atoms with Crippen molar-refractivity contribution in [2.75, 3.05) is 5.32 Å². The minimum Gasteiger partial charge on any atom is -0.491 e. The van der Waals surface area contributed by atoms with Gasteiger partial charge in [0, 0.05) is 11.9 Å². The molecule has 8 heteroatoms. The summed E-state index contributed by atoms with van der Waals surface area (Å²) in [6, 6.07) is 13.0. The number of ether oxygens (including phenoxy) is 1. The van der Waals surface area contributed by atoms with Gasteiger partial charge in [-0.1, -0.05) is 11.6 Å². The van der Waals surface area contributed by atoms with E-state index in [2.05, 4.69) is 15.4 Å². The fourth-order valence-corrected chi connectivity index (χ4v) is 3.57. The molecule has 0 unspecified atom stereocenters. The van der Waals surface area contributed by atoms with Gasteiger partial charge in [0.25, 0.3) is 5.91 Å². The Morgan fingerprint density at radius 1 is 1.13 bits per heavy atom. The zero-order valence-electron chi connectivity index (χ0n) is 17.2. The highest BCUT2D eigenvalue weighted by Gasteiger charge is 2.20. The van der Waals surface area contributed by atoms with Crippen molar-refractivity contribution in [2.45, 2.75) is 26.9 Å². The molecule has 2 aromatic carbocycles. The molecular formula is C23H20ClFN4O2. The lowest BCUT2D eigenvalue weighted by Gasteiger charge is -2.11. The van der Waals surface area contributed by atoms with Gasteiger partial charge >= 0.3 is 0 Å². The number of carbonyl (C=O) groups excluding carboxylic acids is 1. The number of hydrogen-bond acceptors (Lipinski definition) is 4. The highest BCUT2D eigenvalue weighted by molar-refractivity contribution is 6.39. The van der Waals surface area contributed by atoms with E-state index in [1.807, 2.05) is 13.8 Å². The van der Waals surface area contributed by atoms with Crippen LogP contribution >= 0.6 is 11.6 Å². The smallest absolute Gasteiger partial charge is 0.258 e. The summed E-state index contributed by atoms with van der Waals surface area (Å²) in [7, 11) is 0. The van der Waals surface area contributed by atoms with Crippen molar-refractivity contribution in [3.8, 4) is 11.4 Å². The summed E-state index contributed by atoms with van der Waals surface area (Å²) in [5.41, 5.74) is 2.58. The van der Waals surface area contributed by atoms with E-state index in [1.165, 1.54) is 18.3 Å². The van der Waals surface area contributed by atoms with Crippen LogP contribution in [0.1, 0.15) is 29.9 Å². The Morgan fingerprint density at radius 3 is 2.45 bits per heavy atom. The lowest BCUT2D eigenvalue weighted by atomic mass is 10.2. The van der Waals surface area contributed by atoms with Crippen molar-refractivity contribution in [3.63, 3.8) is 0 Å². The molecule has 0 atom stereocenters. The van der Waals surface area contributed by atoms with Gasteiger partial charge in [0.05, 0.1) is 33.5 Å². The molecule has 2 aromatic heterocycles. The molecule has 0 saturated heterocycles. The number of benzene rings is 2. The van der Waals surface area contributed by atoms with Crippen LogP contribution in [-0.2, 0) is 0 Å². The zero-order valence-corrected chi connectivity index (χ0v) is 17.9. The Hall–Kier alpha value is -3.45. The van der Waals surface area contributed by atoms with E-state index in [0.29, 0.717) is 28.1 Å². The van der Waals surface area contributed by atoms with E-state index in [-0.39, 0.29) is 28.4 Å². The topological polar surface area (TPSA) is 69.0 Å². The van der Waals surface area contributed by atoms with Crippen LogP contribution in [0.2, 0.25) is 5.02 Å².